The molecular weight excluding hydrogens is 446 g/mol. The number of benzene rings is 1. The van der Waals surface area contributed by atoms with E-state index < -0.39 is 15.9 Å². The van der Waals surface area contributed by atoms with Crippen molar-refractivity contribution >= 4 is 32.7 Å². The molecule has 0 spiro atoms. The number of carbonyl (C=O) groups is 1. The van der Waals surface area contributed by atoms with Gasteiger partial charge in [0.05, 0.1) is 48.4 Å². The molecule has 4 rings (SSSR count). The van der Waals surface area contributed by atoms with Gasteiger partial charge >= 0.3 is 0 Å². The number of aryl methyl sites for hydroxylation is 1. The first-order valence-electron chi connectivity index (χ1n) is 10.6. The molecule has 3 heterocycles. The minimum atomic E-state index is -3.73. The minimum absolute atomic E-state index is 0.0732. The van der Waals surface area contributed by atoms with E-state index in [-0.39, 0.29) is 29.7 Å². The first-order valence-corrected chi connectivity index (χ1v) is 12.1. The maximum Gasteiger partial charge on any atom is 0.257 e. The topological polar surface area (TPSA) is 116 Å². The molecule has 0 bridgehead atoms. The van der Waals surface area contributed by atoms with E-state index in [0.717, 1.165) is 5.39 Å². The van der Waals surface area contributed by atoms with Gasteiger partial charge in [-0.2, -0.15) is 9.40 Å². The summed E-state index contributed by atoms with van der Waals surface area (Å²) < 4.78 is 39.9. The van der Waals surface area contributed by atoms with Gasteiger partial charge in [-0.25, -0.2) is 18.1 Å². The Labute approximate surface area is 192 Å². The summed E-state index contributed by atoms with van der Waals surface area (Å²) in [6.45, 7) is 7.03. The molecule has 11 heteroatoms. The Morgan fingerprint density at radius 1 is 1.21 bits per heavy atom. The highest BCUT2D eigenvalue weighted by Crippen LogP contribution is 2.30. The van der Waals surface area contributed by atoms with Crippen molar-refractivity contribution in [2.75, 3.05) is 38.7 Å². The summed E-state index contributed by atoms with van der Waals surface area (Å²) in [5, 5.41) is 7.89. The van der Waals surface area contributed by atoms with Gasteiger partial charge < -0.3 is 14.8 Å². The molecule has 1 N–H and O–H groups in total. The SMILES string of the molecule is COc1ccc(S(=O)(=O)N2CCOCC2)cc1NC(=O)c1cc2cnn(C(C)C)c2nc1C. The van der Waals surface area contributed by atoms with Crippen LogP contribution >= 0.6 is 0 Å². The lowest BCUT2D eigenvalue weighted by atomic mass is 10.1. The molecule has 2 aromatic heterocycles. The number of morpholine rings is 1. The molecule has 1 aliphatic heterocycles. The van der Waals surface area contributed by atoms with Crippen LogP contribution in [0.15, 0.2) is 35.4 Å². The predicted octanol–water partition coefficient (Wildman–Crippen LogP) is 2.60. The lowest BCUT2D eigenvalue weighted by Crippen LogP contribution is -2.40. The monoisotopic (exact) mass is 473 g/mol. The van der Waals surface area contributed by atoms with Crippen molar-refractivity contribution < 1.29 is 22.7 Å². The van der Waals surface area contributed by atoms with Crippen molar-refractivity contribution in [2.24, 2.45) is 0 Å². The molecule has 1 aliphatic rings. The summed E-state index contributed by atoms with van der Waals surface area (Å²) in [7, 11) is -2.27. The van der Waals surface area contributed by atoms with Gasteiger partial charge in [-0.05, 0) is 45.0 Å². The van der Waals surface area contributed by atoms with Crippen LogP contribution in [0.25, 0.3) is 11.0 Å². The molecular formula is C22H27N5O5S. The molecule has 1 aromatic carbocycles. The van der Waals surface area contributed by atoms with E-state index >= 15 is 0 Å². The van der Waals surface area contributed by atoms with Gasteiger partial charge in [0.15, 0.2) is 5.65 Å². The van der Waals surface area contributed by atoms with Crippen LogP contribution in [0.5, 0.6) is 5.75 Å². The number of sulfonamides is 1. The van der Waals surface area contributed by atoms with Crippen LogP contribution in [-0.2, 0) is 14.8 Å². The van der Waals surface area contributed by atoms with Gasteiger partial charge in [0.1, 0.15) is 5.75 Å². The van der Waals surface area contributed by atoms with Crippen molar-refractivity contribution in [2.45, 2.75) is 31.7 Å². The molecule has 33 heavy (non-hydrogen) atoms. The maximum absolute atomic E-state index is 13.1. The lowest BCUT2D eigenvalue weighted by Gasteiger charge is -2.26. The zero-order valence-electron chi connectivity index (χ0n) is 19.0. The number of fused-ring (bicyclic) bond motifs is 1. The third kappa shape index (κ3) is 4.43. The fraction of sp³-hybridized carbons (Fsp3) is 0.409. The van der Waals surface area contributed by atoms with Crippen LogP contribution in [-0.4, -0.2) is 66.8 Å². The summed E-state index contributed by atoms with van der Waals surface area (Å²) >= 11 is 0. The molecule has 0 aliphatic carbocycles. The van der Waals surface area contributed by atoms with Crippen molar-refractivity contribution in [1.29, 1.82) is 0 Å². The number of nitrogens with zero attached hydrogens (tertiary/aromatic N) is 4. The van der Waals surface area contributed by atoms with Crippen LogP contribution in [0.4, 0.5) is 5.69 Å². The van der Waals surface area contributed by atoms with Crippen molar-refractivity contribution in [3.05, 3.63) is 41.7 Å². The zero-order chi connectivity index (χ0) is 23.8. The summed E-state index contributed by atoms with van der Waals surface area (Å²) in [6.07, 6.45) is 1.68. The van der Waals surface area contributed by atoms with Crippen LogP contribution in [0.1, 0.15) is 35.9 Å². The van der Waals surface area contributed by atoms with E-state index in [9.17, 15) is 13.2 Å². The molecule has 176 valence electrons. The van der Waals surface area contributed by atoms with Gasteiger partial charge in [0.2, 0.25) is 10.0 Å². The molecule has 0 unspecified atom stereocenters. The van der Waals surface area contributed by atoms with E-state index in [0.29, 0.717) is 35.9 Å². The Morgan fingerprint density at radius 3 is 2.61 bits per heavy atom. The highest BCUT2D eigenvalue weighted by Gasteiger charge is 2.27. The summed E-state index contributed by atoms with van der Waals surface area (Å²) in [5.41, 5.74) is 1.87. The van der Waals surface area contributed by atoms with E-state index in [1.807, 2.05) is 13.8 Å². The molecule has 0 saturated carbocycles. The van der Waals surface area contributed by atoms with Crippen LogP contribution < -0.4 is 10.1 Å². The second-order valence-corrected chi connectivity index (χ2v) is 9.99. The van der Waals surface area contributed by atoms with Gasteiger partial charge in [-0.3, -0.25) is 4.79 Å². The first-order chi connectivity index (χ1) is 15.7. The molecule has 10 nitrogen and oxygen atoms in total. The summed E-state index contributed by atoms with van der Waals surface area (Å²) in [4.78, 5) is 17.8. The molecule has 0 atom stereocenters. The summed E-state index contributed by atoms with van der Waals surface area (Å²) in [5.74, 6) is -0.0676. The van der Waals surface area contributed by atoms with Crippen LogP contribution in [0.3, 0.4) is 0 Å². The number of hydrogen-bond acceptors (Lipinski definition) is 7. The number of amides is 1. The second kappa shape index (κ2) is 9.08. The number of methoxy groups -OCH3 is 1. The van der Waals surface area contributed by atoms with E-state index in [2.05, 4.69) is 15.4 Å². The quantitative estimate of drug-likeness (QED) is 0.585. The van der Waals surface area contributed by atoms with Gasteiger partial charge in [0, 0.05) is 24.5 Å². The maximum atomic E-state index is 13.1. The summed E-state index contributed by atoms with van der Waals surface area (Å²) in [6, 6.07) is 6.29. The second-order valence-electron chi connectivity index (χ2n) is 8.05. The molecule has 0 radical (unpaired) electrons. The van der Waals surface area contributed by atoms with Crippen molar-refractivity contribution in [3.63, 3.8) is 0 Å². The van der Waals surface area contributed by atoms with Crippen molar-refractivity contribution in [3.8, 4) is 5.75 Å². The standard InChI is InChI=1S/C22H27N5O5S/c1-14(2)27-21-16(13-23-27)11-18(15(3)24-21)22(28)25-19-12-17(5-6-20(19)31-4)33(29,30)26-7-9-32-10-8-26/h5-6,11-14H,7-10H2,1-4H3,(H,25,28). The van der Waals surface area contributed by atoms with E-state index in [1.165, 1.54) is 29.6 Å². The molecule has 1 fully saturated rings. The smallest absolute Gasteiger partial charge is 0.257 e. The van der Waals surface area contributed by atoms with Gasteiger partial charge in [0.25, 0.3) is 5.91 Å². The Kier molecular flexibility index (Phi) is 6.37. The first kappa shape index (κ1) is 23.1. The Bertz CT molecular complexity index is 1300. The Morgan fingerprint density at radius 2 is 1.94 bits per heavy atom. The van der Waals surface area contributed by atoms with Gasteiger partial charge in [-0.1, -0.05) is 0 Å². The average molecular weight is 474 g/mol. The number of pyridine rings is 1. The normalized spacial score (nSPS) is 15.2. The average Bonchev–Trinajstić information content (AvgIpc) is 3.22. The highest BCUT2D eigenvalue weighted by atomic mass is 32.2. The molecule has 3 aromatic rings. The Hall–Kier alpha value is -3.02. The number of aromatic nitrogens is 3. The Balaban J connectivity index is 1.66. The molecule has 1 saturated heterocycles. The number of ether oxygens (including phenoxy) is 2. The number of carbonyl (C=O) groups excluding carboxylic acids is 1. The minimum Gasteiger partial charge on any atom is -0.495 e. The number of rotatable bonds is 6. The number of hydrogen-bond donors (Lipinski definition) is 1. The molecule has 1 amide bonds. The highest BCUT2D eigenvalue weighted by molar-refractivity contribution is 7.89. The fourth-order valence-electron chi connectivity index (χ4n) is 3.74. The number of nitrogens with one attached hydrogen (secondary N) is 1. The van der Waals surface area contributed by atoms with Crippen LogP contribution in [0.2, 0.25) is 0 Å². The lowest BCUT2D eigenvalue weighted by molar-refractivity contribution is 0.0730. The van der Waals surface area contributed by atoms with E-state index in [4.69, 9.17) is 9.47 Å². The number of anilines is 1. The largest absolute Gasteiger partial charge is 0.495 e. The van der Waals surface area contributed by atoms with Crippen molar-refractivity contribution in [1.82, 2.24) is 19.1 Å². The fourth-order valence-corrected chi connectivity index (χ4v) is 5.18. The van der Waals surface area contributed by atoms with Gasteiger partial charge in [-0.15, -0.1) is 0 Å². The van der Waals surface area contributed by atoms with E-state index in [1.54, 1.807) is 23.9 Å². The zero-order valence-corrected chi connectivity index (χ0v) is 19.8. The third-order valence-electron chi connectivity index (χ3n) is 5.52. The predicted molar refractivity (Wildman–Crippen MR) is 123 cm³/mol. The third-order valence-corrected chi connectivity index (χ3v) is 7.42. The van der Waals surface area contributed by atoms with Crippen LogP contribution in [0, 0.1) is 6.92 Å².